The van der Waals surface area contributed by atoms with Crippen LogP contribution < -0.4 is 5.73 Å². The van der Waals surface area contributed by atoms with Gasteiger partial charge in [0, 0.05) is 10.9 Å². The Morgan fingerprint density at radius 1 is 1.44 bits per heavy atom. The highest BCUT2D eigenvalue weighted by molar-refractivity contribution is 7.10. The van der Waals surface area contributed by atoms with Gasteiger partial charge in [-0.05, 0) is 42.2 Å². The van der Waals surface area contributed by atoms with E-state index in [1.165, 1.54) is 42.5 Å². The van der Waals surface area contributed by atoms with Gasteiger partial charge < -0.3 is 5.73 Å². The summed E-state index contributed by atoms with van der Waals surface area (Å²) in [6.45, 7) is 4.51. The maximum Gasteiger partial charge on any atom is 0.0423 e. The second kappa shape index (κ2) is 5.33. The first-order valence-corrected chi connectivity index (χ1v) is 7.41. The molecule has 0 radical (unpaired) electrons. The van der Waals surface area contributed by atoms with Gasteiger partial charge in [0.2, 0.25) is 0 Å². The van der Waals surface area contributed by atoms with Crippen LogP contribution in [0.15, 0.2) is 11.4 Å². The van der Waals surface area contributed by atoms with Crippen molar-refractivity contribution in [3.8, 4) is 0 Å². The van der Waals surface area contributed by atoms with E-state index in [9.17, 15) is 0 Å². The Hall–Kier alpha value is -0.340. The molecular weight excluding hydrogens is 214 g/mol. The lowest BCUT2D eigenvalue weighted by molar-refractivity contribution is 0.198. The molecule has 0 aliphatic heterocycles. The molecule has 1 aliphatic rings. The largest absolute Gasteiger partial charge is 0.323 e. The summed E-state index contributed by atoms with van der Waals surface area (Å²) < 4.78 is 0. The Labute approximate surface area is 103 Å². The van der Waals surface area contributed by atoms with Gasteiger partial charge >= 0.3 is 0 Å². The predicted molar refractivity (Wildman–Crippen MR) is 71.7 cm³/mol. The maximum atomic E-state index is 6.49. The van der Waals surface area contributed by atoms with Crippen molar-refractivity contribution in [3.63, 3.8) is 0 Å². The molecule has 1 fully saturated rings. The van der Waals surface area contributed by atoms with Crippen molar-refractivity contribution in [1.82, 2.24) is 0 Å². The standard InChI is InChI=1S/C14H23NS/c1-3-11-6-4-5-7-12(11)13(15)14-10(2)8-9-16-14/h8-9,11-13H,3-7,15H2,1-2H3. The van der Waals surface area contributed by atoms with Gasteiger partial charge in [-0.1, -0.05) is 32.6 Å². The van der Waals surface area contributed by atoms with Gasteiger partial charge in [0.05, 0.1) is 0 Å². The zero-order valence-electron chi connectivity index (χ0n) is 10.4. The van der Waals surface area contributed by atoms with Crippen molar-refractivity contribution >= 4 is 11.3 Å². The molecule has 0 aromatic carbocycles. The molecule has 3 unspecified atom stereocenters. The summed E-state index contributed by atoms with van der Waals surface area (Å²) in [5, 5.41) is 2.17. The fraction of sp³-hybridized carbons (Fsp3) is 0.714. The summed E-state index contributed by atoms with van der Waals surface area (Å²) in [7, 11) is 0. The minimum Gasteiger partial charge on any atom is -0.323 e. The minimum absolute atomic E-state index is 0.283. The Morgan fingerprint density at radius 2 is 2.19 bits per heavy atom. The average molecular weight is 237 g/mol. The number of hydrogen-bond donors (Lipinski definition) is 1. The van der Waals surface area contributed by atoms with E-state index in [0.717, 1.165) is 11.8 Å². The normalized spacial score (nSPS) is 27.9. The zero-order chi connectivity index (χ0) is 11.5. The molecule has 1 aromatic rings. The molecule has 0 amide bonds. The summed E-state index contributed by atoms with van der Waals surface area (Å²) in [6.07, 6.45) is 6.80. The summed E-state index contributed by atoms with van der Waals surface area (Å²) in [5.41, 5.74) is 7.88. The first-order valence-electron chi connectivity index (χ1n) is 6.53. The molecule has 90 valence electrons. The second-order valence-corrected chi connectivity index (χ2v) is 6.06. The van der Waals surface area contributed by atoms with E-state index in [1.54, 1.807) is 0 Å². The van der Waals surface area contributed by atoms with E-state index in [2.05, 4.69) is 25.3 Å². The molecule has 2 heteroatoms. The molecule has 3 atom stereocenters. The molecule has 1 aliphatic carbocycles. The Morgan fingerprint density at radius 3 is 2.81 bits per heavy atom. The fourth-order valence-corrected chi connectivity index (χ4v) is 4.14. The van der Waals surface area contributed by atoms with Crippen LogP contribution in [0.25, 0.3) is 0 Å². The lowest BCUT2D eigenvalue weighted by Crippen LogP contribution is -2.30. The minimum atomic E-state index is 0.283. The zero-order valence-corrected chi connectivity index (χ0v) is 11.2. The SMILES string of the molecule is CCC1CCCCC1C(N)c1sccc1C. The van der Waals surface area contributed by atoms with Crippen LogP contribution in [0, 0.1) is 18.8 Å². The van der Waals surface area contributed by atoms with Crippen LogP contribution in [0.5, 0.6) is 0 Å². The lowest BCUT2D eigenvalue weighted by Gasteiger charge is -2.35. The van der Waals surface area contributed by atoms with Crippen LogP contribution in [-0.4, -0.2) is 0 Å². The quantitative estimate of drug-likeness (QED) is 0.834. The third-order valence-electron chi connectivity index (χ3n) is 4.16. The van der Waals surface area contributed by atoms with E-state index < -0.39 is 0 Å². The Bertz CT molecular complexity index is 331. The second-order valence-electron chi connectivity index (χ2n) is 5.11. The van der Waals surface area contributed by atoms with Gasteiger partial charge in [0.1, 0.15) is 0 Å². The molecule has 1 aromatic heterocycles. The van der Waals surface area contributed by atoms with Crippen LogP contribution in [0.4, 0.5) is 0 Å². The van der Waals surface area contributed by atoms with Crippen molar-refractivity contribution in [2.24, 2.45) is 17.6 Å². The summed E-state index contributed by atoms with van der Waals surface area (Å²) in [4.78, 5) is 1.42. The van der Waals surface area contributed by atoms with Gasteiger partial charge in [-0.2, -0.15) is 0 Å². The monoisotopic (exact) mass is 237 g/mol. The van der Waals surface area contributed by atoms with E-state index in [-0.39, 0.29) is 6.04 Å². The molecule has 0 spiro atoms. The van der Waals surface area contributed by atoms with Gasteiger partial charge in [0.15, 0.2) is 0 Å². The van der Waals surface area contributed by atoms with Gasteiger partial charge in [-0.3, -0.25) is 0 Å². The van der Waals surface area contributed by atoms with E-state index in [0.29, 0.717) is 0 Å². The molecule has 2 rings (SSSR count). The molecule has 16 heavy (non-hydrogen) atoms. The first kappa shape index (κ1) is 12.1. The summed E-state index contributed by atoms with van der Waals surface area (Å²) in [6, 6.07) is 2.48. The highest BCUT2D eigenvalue weighted by Gasteiger charge is 2.30. The maximum absolute atomic E-state index is 6.49. The van der Waals surface area contributed by atoms with E-state index >= 15 is 0 Å². The predicted octanol–water partition coefficient (Wildman–Crippen LogP) is 4.27. The fourth-order valence-electron chi connectivity index (χ4n) is 3.14. The summed E-state index contributed by atoms with van der Waals surface area (Å²) in [5.74, 6) is 1.57. The van der Waals surface area contributed by atoms with Crippen molar-refractivity contribution in [2.45, 2.75) is 52.0 Å². The summed E-state index contributed by atoms with van der Waals surface area (Å²) >= 11 is 1.84. The van der Waals surface area contributed by atoms with Gasteiger partial charge in [-0.25, -0.2) is 0 Å². The third kappa shape index (κ3) is 2.33. The van der Waals surface area contributed by atoms with Crippen molar-refractivity contribution in [2.75, 3.05) is 0 Å². The third-order valence-corrected chi connectivity index (χ3v) is 5.28. The van der Waals surface area contributed by atoms with Crippen LogP contribution in [0.1, 0.15) is 55.5 Å². The Kier molecular flexibility index (Phi) is 4.04. The van der Waals surface area contributed by atoms with E-state index in [1.807, 2.05) is 11.3 Å². The van der Waals surface area contributed by atoms with Gasteiger partial charge in [0.25, 0.3) is 0 Å². The van der Waals surface area contributed by atoms with Crippen LogP contribution >= 0.6 is 11.3 Å². The number of rotatable bonds is 3. The van der Waals surface area contributed by atoms with Gasteiger partial charge in [-0.15, -0.1) is 11.3 Å². The number of hydrogen-bond acceptors (Lipinski definition) is 2. The first-order chi connectivity index (χ1) is 7.74. The topological polar surface area (TPSA) is 26.0 Å². The van der Waals surface area contributed by atoms with Crippen LogP contribution in [0.3, 0.4) is 0 Å². The molecule has 0 saturated heterocycles. The highest BCUT2D eigenvalue weighted by atomic mass is 32.1. The van der Waals surface area contributed by atoms with Crippen molar-refractivity contribution < 1.29 is 0 Å². The number of nitrogens with two attached hydrogens (primary N) is 1. The molecule has 1 saturated carbocycles. The molecule has 0 bridgehead atoms. The smallest absolute Gasteiger partial charge is 0.0423 e. The molecule has 1 heterocycles. The van der Waals surface area contributed by atoms with Crippen LogP contribution in [-0.2, 0) is 0 Å². The molecule has 2 N–H and O–H groups in total. The average Bonchev–Trinajstić information content (AvgIpc) is 2.74. The highest BCUT2D eigenvalue weighted by Crippen LogP contribution is 2.41. The van der Waals surface area contributed by atoms with Crippen molar-refractivity contribution in [1.29, 1.82) is 0 Å². The van der Waals surface area contributed by atoms with E-state index in [4.69, 9.17) is 5.73 Å². The number of thiophene rings is 1. The Balaban J connectivity index is 2.13. The lowest BCUT2D eigenvalue weighted by atomic mass is 9.73. The molecular formula is C14H23NS. The number of aryl methyl sites for hydroxylation is 1. The molecule has 1 nitrogen and oxygen atoms in total. The van der Waals surface area contributed by atoms with Crippen LogP contribution in [0.2, 0.25) is 0 Å². The van der Waals surface area contributed by atoms with Crippen molar-refractivity contribution in [3.05, 3.63) is 21.9 Å².